The molecule has 0 aliphatic heterocycles. The van der Waals surface area contributed by atoms with Crippen LogP contribution in [0, 0.1) is 0 Å². The number of rotatable bonds is 6. The van der Waals surface area contributed by atoms with Crippen molar-refractivity contribution in [2.24, 2.45) is 10.2 Å². The van der Waals surface area contributed by atoms with Gasteiger partial charge in [-0.15, -0.1) is 5.11 Å². The highest BCUT2D eigenvalue weighted by Gasteiger charge is 2.22. The molecule has 4 aromatic carbocycles. The number of hydrogen-bond acceptors (Lipinski definition) is 7. The first-order valence-corrected chi connectivity index (χ1v) is 10.9. The van der Waals surface area contributed by atoms with E-state index in [1.165, 1.54) is 12.1 Å². The molecular weight excluding hydrogens is 430 g/mol. The summed E-state index contributed by atoms with van der Waals surface area (Å²) in [5.41, 5.74) is 1.70. The number of azo groups is 1. The zero-order valence-corrected chi connectivity index (χ0v) is 17.3. The van der Waals surface area contributed by atoms with Crippen molar-refractivity contribution in [3.8, 4) is 5.75 Å². The number of hydrogen-bond donors (Lipinski definition) is 3. The van der Waals surface area contributed by atoms with Gasteiger partial charge in [0.05, 0.1) is 5.69 Å². The number of aromatic hydroxyl groups is 1. The summed E-state index contributed by atoms with van der Waals surface area (Å²) in [5.74, 6) is -0.456. The van der Waals surface area contributed by atoms with Gasteiger partial charge in [-0.1, -0.05) is 36.4 Å². The molecular formula is C23H17N3O5S. The lowest BCUT2D eigenvalue weighted by Gasteiger charge is -2.11. The first kappa shape index (κ1) is 21.2. The number of phenols is 1. The van der Waals surface area contributed by atoms with Crippen LogP contribution in [0.5, 0.6) is 5.75 Å². The lowest BCUT2D eigenvalue weighted by Crippen LogP contribution is -1.99. The molecule has 32 heavy (non-hydrogen) atoms. The van der Waals surface area contributed by atoms with Crippen LogP contribution in [0.15, 0.2) is 94.0 Å². The van der Waals surface area contributed by atoms with Gasteiger partial charge in [-0.2, -0.15) is 13.5 Å². The summed E-state index contributed by atoms with van der Waals surface area (Å²) in [7, 11) is -4.71. The molecule has 0 radical (unpaired) electrons. The van der Waals surface area contributed by atoms with Gasteiger partial charge in [0.1, 0.15) is 16.9 Å². The molecule has 9 heteroatoms. The highest BCUT2D eigenvalue weighted by atomic mass is 32.2. The molecule has 0 heterocycles. The zero-order chi connectivity index (χ0) is 22.7. The lowest BCUT2D eigenvalue weighted by molar-refractivity contribution is 0.112. The Kier molecular flexibility index (Phi) is 5.67. The zero-order valence-electron chi connectivity index (χ0n) is 16.5. The lowest BCUT2D eigenvalue weighted by atomic mass is 10.1. The van der Waals surface area contributed by atoms with Crippen molar-refractivity contribution in [1.29, 1.82) is 0 Å². The number of nitrogens with one attached hydrogen (secondary N) is 1. The van der Waals surface area contributed by atoms with E-state index in [4.69, 9.17) is 0 Å². The minimum absolute atomic E-state index is 0.273. The van der Waals surface area contributed by atoms with Gasteiger partial charge in [-0.05, 0) is 47.9 Å². The second-order valence-corrected chi connectivity index (χ2v) is 8.28. The van der Waals surface area contributed by atoms with Gasteiger partial charge in [-0.3, -0.25) is 9.35 Å². The topological polar surface area (TPSA) is 128 Å². The van der Waals surface area contributed by atoms with Crippen LogP contribution in [-0.2, 0) is 10.1 Å². The molecule has 0 aliphatic carbocycles. The van der Waals surface area contributed by atoms with Crippen LogP contribution in [-0.4, -0.2) is 24.4 Å². The number of fused-ring (bicyclic) bond motifs is 1. The summed E-state index contributed by atoms with van der Waals surface area (Å²) in [6.45, 7) is 0. The molecule has 8 nitrogen and oxygen atoms in total. The maximum absolute atomic E-state index is 12.0. The molecule has 0 aromatic heterocycles. The molecule has 160 valence electrons. The van der Waals surface area contributed by atoms with Crippen molar-refractivity contribution in [3.63, 3.8) is 0 Å². The predicted octanol–water partition coefficient (Wildman–Crippen LogP) is 5.76. The Hall–Kier alpha value is -4.08. The van der Waals surface area contributed by atoms with E-state index in [2.05, 4.69) is 15.5 Å². The van der Waals surface area contributed by atoms with Crippen LogP contribution in [0.25, 0.3) is 10.8 Å². The summed E-state index contributed by atoms with van der Waals surface area (Å²) in [6, 6.07) is 21.7. The van der Waals surface area contributed by atoms with E-state index < -0.39 is 26.5 Å². The normalized spacial score (nSPS) is 11.7. The van der Waals surface area contributed by atoms with Gasteiger partial charge in [0.25, 0.3) is 10.1 Å². The van der Waals surface area contributed by atoms with E-state index in [-0.39, 0.29) is 5.69 Å². The molecule has 0 spiro atoms. The SMILES string of the molecule is O=Cc1cccc(N=Nc2c(S(=O)(=O)O)cc3ccc(Nc4ccccc4)cc3c2O)c1. The summed E-state index contributed by atoms with van der Waals surface area (Å²) in [4.78, 5) is 10.4. The van der Waals surface area contributed by atoms with Crippen LogP contribution in [0.4, 0.5) is 22.7 Å². The van der Waals surface area contributed by atoms with E-state index in [9.17, 15) is 22.9 Å². The fourth-order valence-electron chi connectivity index (χ4n) is 3.17. The third-order valence-electron chi connectivity index (χ3n) is 4.66. The first-order chi connectivity index (χ1) is 15.3. The highest BCUT2D eigenvalue weighted by Crippen LogP contribution is 2.42. The number of phenolic OH excluding ortho intramolecular Hbond substituents is 1. The quantitative estimate of drug-likeness (QED) is 0.196. The Morgan fingerprint density at radius 3 is 2.34 bits per heavy atom. The molecule has 0 saturated carbocycles. The summed E-state index contributed by atoms with van der Waals surface area (Å²) >= 11 is 0. The minimum Gasteiger partial charge on any atom is -0.505 e. The number of carbonyl (C=O) groups excluding carboxylic acids is 1. The Balaban J connectivity index is 1.84. The summed E-state index contributed by atoms with van der Waals surface area (Å²) < 4.78 is 33.6. The fraction of sp³-hybridized carbons (Fsp3) is 0. The molecule has 4 rings (SSSR count). The number of aldehydes is 1. The molecule has 0 aliphatic rings. The maximum atomic E-state index is 12.0. The largest absolute Gasteiger partial charge is 0.505 e. The third kappa shape index (κ3) is 4.48. The van der Waals surface area contributed by atoms with E-state index in [1.54, 1.807) is 36.4 Å². The highest BCUT2D eigenvalue weighted by molar-refractivity contribution is 7.86. The van der Waals surface area contributed by atoms with E-state index in [0.29, 0.717) is 28.3 Å². The van der Waals surface area contributed by atoms with Gasteiger partial charge in [-0.25, -0.2) is 0 Å². The number of para-hydroxylation sites is 1. The van der Waals surface area contributed by atoms with Gasteiger partial charge in [0, 0.05) is 22.3 Å². The maximum Gasteiger partial charge on any atom is 0.296 e. The standard InChI is InChI=1S/C23H17N3O5S/c27-14-15-5-4-8-19(11-15)25-26-22-21(32(29,30)31)12-16-9-10-18(13-20(16)23(22)28)24-17-6-2-1-3-7-17/h1-14,24,28H,(H,29,30,31). The van der Waals surface area contributed by atoms with Crippen LogP contribution >= 0.6 is 0 Å². The van der Waals surface area contributed by atoms with Gasteiger partial charge >= 0.3 is 0 Å². The van der Waals surface area contributed by atoms with Crippen molar-refractivity contribution < 1.29 is 22.9 Å². The number of carbonyl (C=O) groups is 1. The van der Waals surface area contributed by atoms with Gasteiger partial charge in [0.2, 0.25) is 0 Å². The van der Waals surface area contributed by atoms with Crippen LogP contribution in [0.3, 0.4) is 0 Å². The number of nitrogens with zero attached hydrogens (tertiary/aromatic N) is 2. The Bertz CT molecular complexity index is 1450. The van der Waals surface area contributed by atoms with Crippen molar-refractivity contribution in [1.82, 2.24) is 0 Å². The number of benzene rings is 4. The van der Waals surface area contributed by atoms with Crippen LogP contribution in [0.1, 0.15) is 10.4 Å². The molecule has 0 saturated heterocycles. The van der Waals surface area contributed by atoms with Crippen molar-refractivity contribution in [3.05, 3.63) is 84.4 Å². The monoisotopic (exact) mass is 447 g/mol. The summed E-state index contributed by atoms with van der Waals surface area (Å²) in [5, 5.41) is 22.6. The third-order valence-corrected chi connectivity index (χ3v) is 5.53. The van der Waals surface area contributed by atoms with Gasteiger partial charge < -0.3 is 10.4 Å². The average Bonchev–Trinajstić information content (AvgIpc) is 2.79. The van der Waals surface area contributed by atoms with Crippen LogP contribution < -0.4 is 5.32 Å². The Labute approximate surface area is 183 Å². The second kappa shape index (κ2) is 8.58. The smallest absolute Gasteiger partial charge is 0.296 e. The minimum atomic E-state index is -4.71. The Morgan fingerprint density at radius 1 is 0.844 bits per heavy atom. The molecule has 0 unspecified atom stereocenters. The molecule has 0 bridgehead atoms. The van der Waals surface area contributed by atoms with E-state index in [1.807, 2.05) is 30.3 Å². The first-order valence-electron chi connectivity index (χ1n) is 9.41. The van der Waals surface area contributed by atoms with Crippen LogP contribution in [0.2, 0.25) is 0 Å². The van der Waals surface area contributed by atoms with E-state index >= 15 is 0 Å². The van der Waals surface area contributed by atoms with Gasteiger partial charge in [0.15, 0.2) is 5.75 Å². The predicted molar refractivity (Wildman–Crippen MR) is 121 cm³/mol. The molecule has 0 atom stereocenters. The Morgan fingerprint density at radius 2 is 1.62 bits per heavy atom. The van der Waals surface area contributed by atoms with E-state index in [0.717, 1.165) is 5.69 Å². The van der Waals surface area contributed by atoms with Crippen molar-refractivity contribution in [2.45, 2.75) is 4.90 Å². The molecule has 0 amide bonds. The number of anilines is 2. The summed E-state index contributed by atoms with van der Waals surface area (Å²) in [6.07, 6.45) is 0.636. The average molecular weight is 447 g/mol. The molecule has 3 N–H and O–H groups in total. The molecule has 0 fully saturated rings. The molecule has 4 aromatic rings. The fourth-order valence-corrected chi connectivity index (χ4v) is 3.83. The second-order valence-electron chi connectivity index (χ2n) is 6.89. The van der Waals surface area contributed by atoms with Crippen molar-refractivity contribution >= 4 is 49.9 Å². The van der Waals surface area contributed by atoms with Crippen molar-refractivity contribution in [2.75, 3.05) is 5.32 Å².